The van der Waals surface area contributed by atoms with Crippen LogP contribution in [-0.2, 0) is 0 Å². The number of nitrogens with zero attached hydrogens (tertiary/aromatic N) is 4. The van der Waals surface area contributed by atoms with E-state index < -0.39 is 0 Å². The van der Waals surface area contributed by atoms with Gasteiger partial charge in [0, 0.05) is 52.8 Å². The minimum absolute atomic E-state index is 0.908. The van der Waals surface area contributed by atoms with E-state index in [9.17, 15) is 0 Å². The molecule has 0 bridgehead atoms. The summed E-state index contributed by atoms with van der Waals surface area (Å²) in [6.07, 6.45) is 0. The molecule has 0 saturated carbocycles. The first-order chi connectivity index (χ1) is 24.3. The molecular weight excluding hydrogens is 617 g/mol. The van der Waals surface area contributed by atoms with Crippen LogP contribution in [0, 0.1) is 0 Å². The maximum atomic E-state index is 5.25. The molecule has 0 radical (unpaired) electrons. The van der Waals surface area contributed by atoms with E-state index in [0.717, 1.165) is 33.3 Å². The fraction of sp³-hybridized carbons (Fsp3) is 0. The summed E-state index contributed by atoms with van der Waals surface area (Å²) in [4.78, 5) is 10.5. The van der Waals surface area contributed by atoms with Crippen molar-refractivity contribution in [2.75, 3.05) is 0 Å². The van der Waals surface area contributed by atoms with E-state index in [-0.39, 0.29) is 0 Å². The lowest BCUT2D eigenvalue weighted by molar-refractivity contribution is 1.18. The predicted molar refractivity (Wildman–Crippen MR) is 207 cm³/mol. The maximum Gasteiger partial charge on any atom is 0.165 e. The Morgan fingerprint density at radius 3 is 2.06 bits per heavy atom. The van der Waals surface area contributed by atoms with Gasteiger partial charge in [0.1, 0.15) is 5.52 Å². The van der Waals surface area contributed by atoms with Crippen LogP contribution in [0.4, 0.5) is 0 Å². The summed E-state index contributed by atoms with van der Waals surface area (Å²) in [5.74, 6) is 0. The van der Waals surface area contributed by atoms with Crippen LogP contribution in [0.15, 0.2) is 146 Å². The van der Waals surface area contributed by atoms with Crippen LogP contribution in [0.5, 0.6) is 0 Å². The van der Waals surface area contributed by atoms with Crippen LogP contribution in [0.1, 0.15) is 0 Å². The molecule has 0 aliphatic rings. The zero-order valence-electron chi connectivity index (χ0n) is 26.1. The molecule has 5 heteroatoms. The number of hydrogen-bond acceptors (Lipinski definition) is 3. The molecule has 5 heterocycles. The van der Waals surface area contributed by atoms with Gasteiger partial charge in [0.2, 0.25) is 0 Å². The second-order valence-electron chi connectivity index (χ2n) is 13.0. The molecular formula is C44H24N4S. The summed E-state index contributed by atoms with van der Waals surface area (Å²) in [6.45, 7) is 0. The van der Waals surface area contributed by atoms with E-state index in [4.69, 9.17) is 9.97 Å². The van der Waals surface area contributed by atoms with Gasteiger partial charge in [-0.1, -0.05) is 78.9 Å². The van der Waals surface area contributed by atoms with Gasteiger partial charge < -0.3 is 4.57 Å². The number of para-hydroxylation sites is 4. The van der Waals surface area contributed by atoms with Crippen molar-refractivity contribution in [2.45, 2.75) is 0 Å². The first kappa shape index (κ1) is 25.7. The third-order valence-corrected chi connectivity index (χ3v) is 11.5. The van der Waals surface area contributed by atoms with Crippen LogP contribution in [-0.4, -0.2) is 18.9 Å². The Morgan fingerprint density at radius 1 is 0.429 bits per heavy atom. The number of thiophene rings is 1. The van der Waals surface area contributed by atoms with Crippen molar-refractivity contribution >= 4 is 103 Å². The summed E-state index contributed by atoms with van der Waals surface area (Å²) in [7, 11) is 0. The third kappa shape index (κ3) is 3.37. The predicted octanol–water partition coefficient (Wildman–Crippen LogP) is 11.9. The second-order valence-corrected chi connectivity index (χ2v) is 14.1. The first-order valence-corrected chi connectivity index (χ1v) is 17.4. The van der Waals surface area contributed by atoms with Gasteiger partial charge in [-0.3, -0.25) is 4.40 Å². The van der Waals surface area contributed by atoms with E-state index in [0.29, 0.717) is 0 Å². The Bertz CT molecular complexity index is 3330. The highest BCUT2D eigenvalue weighted by atomic mass is 32.1. The molecule has 12 rings (SSSR count). The third-order valence-electron chi connectivity index (χ3n) is 10.4. The van der Waals surface area contributed by atoms with Gasteiger partial charge in [-0.25, -0.2) is 9.97 Å². The molecule has 5 aromatic heterocycles. The Balaban J connectivity index is 1.22. The Kier molecular flexibility index (Phi) is 4.83. The largest absolute Gasteiger partial charge is 0.309 e. The average molecular weight is 641 g/mol. The van der Waals surface area contributed by atoms with Crippen LogP contribution in [0.3, 0.4) is 0 Å². The molecule has 0 unspecified atom stereocenters. The van der Waals surface area contributed by atoms with Crippen LogP contribution in [0.25, 0.3) is 108 Å². The molecule has 0 aliphatic heterocycles. The van der Waals surface area contributed by atoms with Crippen molar-refractivity contribution in [1.29, 1.82) is 0 Å². The molecule has 7 aromatic carbocycles. The van der Waals surface area contributed by atoms with Crippen molar-refractivity contribution < 1.29 is 0 Å². The zero-order valence-corrected chi connectivity index (χ0v) is 26.9. The smallest absolute Gasteiger partial charge is 0.165 e. The zero-order chi connectivity index (χ0) is 31.8. The molecule has 0 amide bonds. The van der Waals surface area contributed by atoms with Gasteiger partial charge in [0.25, 0.3) is 0 Å². The quantitative estimate of drug-likeness (QED) is 0.188. The van der Waals surface area contributed by atoms with E-state index in [1.165, 1.54) is 74.9 Å². The van der Waals surface area contributed by atoms with Crippen molar-refractivity contribution in [3.8, 4) is 16.8 Å². The number of benzene rings is 7. The van der Waals surface area contributed by atoms with Gasteiger partial charge in [0.05, 0.1) is 33.1 Å². The van der Waals surface area contributed by atoms with Gasteiger partial charge in [-0.05, 0) is 77.9 Å². The summed E-state index contributed by atoms with van der Waals surface area (Å²) in [5, 5.41) is 8.73. The fourth-order valence-electron chi connectivity index (χ4n) is 8.26. The minimum Gasteiger partial charge on any atom is -0.309 e. The summed E-state index contributed by atoms with van der Waals surface area (Å²) in [5.41, 5.74) is 11.9. The maximum absolute atomic E-state index is 5.25. The fourth-order valence-corrected chi connectivity index (χ4v) is 9.38. The number of aromatic nitrogens is 4. The lowest BCUT2D eigenvalue weighted by Gasteiger charge is -2.09. The Hall–Kier alpha value is -6.30. The first-order valence-electron chi connectivity index (χ1n) is 16.6. The molecule has 12 aromatic rings. The molecule has 0 N–H and O–H groups in total. The molecule has 226 valence electrons. The van der Waals surface area contributed by atoms with Crippen molar-refractivity contribution in [2.24, 2.45) is 0 Å². The van der Waals surface area contributed by atoms with E-state index in [1.807, 2.05) is 23.5 Å². The molecule has 49 heavy (non-hydrogen) atoms. The van der Waals surface area contributed by atoms with Crippen molar-refractivity contribution in [3.63, 3.8) is 0 Å². The van der Waals surface area contributed by atoms with Crippen molar-refractivity contribution in [3.05, 3.63) is 146 Å². The van der Waals surface area contributed by atoms with E-state index in [2.05, 4.69) is 142 Å². The Morgan fingerprint density at radius 2 is 1.16 bits per heavy atom. The van der Waals surface area contributed by atoms with Gasteiger partial charge >= 0.3 is 0 Å². The number of rotatable bonds is 2. The highest BCUT2D eigenvalue weighted by Crippen LogP contribution is 2.45. The average Bonchev–Trinajstić information content (AvgIpc) is 3.88. The Labute approximate surface area is 283 Å². The van der Waals surface area contributed by atoms with Gasteiger partial charge in [-0.15, -0.1) is 11.3 Å². The van der Waals surface area contributed by atoms with E-state index >= 15 is 0 Å². The molecule has 0 aliphatic carbocycles. The second kappa shape index (κ2) is 9.19. The normalized spacial score (nSPS) is 12.5. The highest BCUT2D eigenvalue weighted by Gasteiger charge is 2.23. The van der Waals surface area contributed by atoms with Crippen LogP contribution >= 0.6 is 11.3 Å². The summed E-state index contributed by atoms with van der Waals surface area (Å²) < 4.78 is 7.35. The monoisotopic (exact) mass is 640 g/mol. The minimum atomic E-state index is 0.908. The summed E-state index contributed by atoms with van der Waals surface area (Å²) in [6, 6.07) is 52.8. The van der Waals surface area contributed by atoms with Gasteiger partial charge in [0.15, 0.2) is 5.65 Å². The van der Waals surface area contributed by atoms with Crippen LogP contribution < -0.4 is 0 Å². The topological polar surface area (TPSA) is 35.1 Å². The molecule has 0 spiro atoms. The summed E-state index contributed by atoms with van der Waals surface area (Å²) >= 11 is 1.86. The number of fused-ring (bicyclic) bond motifs is 13. The molecule has 0 saturated heterocycles. The SMILES string of the molecule is c1ccc(-n2c3ccccc3c3ccc(-c4cc5c6cc7c(cc6n6c8nc9ccccc9nc8c(c4)c56)sc4ccccc47)cc32)cc1. The number of hydrogen-bond donors (Lipinski definition) is 0. The standard InChI is InChI=1S/C44H24N4S/c1-2-10-27(11-3-1)47-37-16-8-4-12-28(37)29-19-18-25(22-38(29)47)26-20-33-31-23-32-30-13-5-9-17-40(30)49-41(32)24-39(31)48-43(33)34(21-26)42-44(48)46-36-15-7-6-14-35(36)45-42/h1-24H. The van der Waals surface area contributed by atoms with Crippen molar-refractivity contribution in [1.82, 2.24) is 18.9 Å². The molecule has 0 fully saturated rings. The molecule has 4 nitrogen and oxygen atoms in total. The highest BCUT2D eigenvalue weighted by molar-refractivity contribution is 7.25. The lowest BCUT2D eigenvalue weighted by Crippen LogP contribution is -1.93. The van der Waals surface area contributed by atoms with Crippen LogP contribution in [0.2, 0.25) is 0 Å². The van der Waals surface area contributed by atoms with Gasteiger partial charge in [-0.2, -0.15) is 0 Å². The van der Waals surface area contributed by atoms with E-state index in [1.54, 1.807) is 0 Å². The lowest BCUT2D eigenvalue weighted by atomic mass is 9.98. The molecule has 0 atom stereocenters.